The van der Waals surface area contributed by atoms with Crippen LogP contribution in [0.3, 0.4) is 0 Å². The zero-order valence-electron chi connectivity index (χ0n) is 10.4. The maximum atomic E-state index is 11.7. The molecule has 0 aliphatic carbocycles. The first-order valence-electron chi connectivity index (χ1n) is 5.64. The van der Waals surface area contributed by atoms with E-state index in [9.17, 15) is 14.7 Å². The van der Waals surface area contributed by atoms with Crippen LogP contribution in [-0.2, 0) is 9.47 Å². The van der Waals surface area contributed by atoms with Crippen LogP contribution < -0.4 is 11.2 Å². The number of H-pyrrole nitrogens is 1. The Bertz CT molecular complexity index is 549. The van der Waals surface area contributed by atoms with Gasteiger partial charge in [-0.05, 0) is 13.8 Å². The monoisotopic (exact) mass is 256 g/mol. The third-order valence-electron chi connectivity index (χ3n) is 3.14. The molecule has 4 unspecified atom stereocenters. The Morgan fingerprint density at radius 3 is 2.78 bits per heavy atom. The number of ether oxygens (including phenoxy) is 2. The minimum absolute atomic E-state index is 0.391. The van der Waals surface area contributed by atoms with Crippen molar-refractivity contribution >= 4 is 0 Å². The fourth-order valence-electron chi connectivity index (χ4n) is 2.07. The SMILES string of the molecule is COC1C(O)C(C)OC1n1cc(C)c(=O)[nH]c1=O. The minimum Gasteiger partial charge on any atom is -0.388 e. The quantitative estimate of drug-likeness (QED) is 0.718. The van der Waals surface area contributed by atoms with Crippen LogP contribution in [0, 0.1) is 6.92 Å². The van der Waals surface area contributed by atoms with Gasteiger partial charge in [0.15, 0.2) is 6.23 Å². The van der Waals surface area contributed by atoms with E-state index < -0.39 is 35.8 Å². The summed E-state index contributed by atoms with van der Waals surface area (Å²) >= 11 is 0. The molecule has 1 aliphatic heterocycles. The molecule has 1 saturated heterocycles. The van der Waals surface area contributed by atoms with Crippen molar-refractivity contribution in [2.24, 2.45) is 0 Å². The van der Waals surface area contributed by atoms with Crippen LogP contribution in [0.25, 0.3) is 0 Å². The Hall–Kier alpha value is -1.44. The van der Waals surface area contributed by atoms with E-state index in [4.69, 9.17) is 9.47 Å². The summed E-state index contributed by atoms with van der Waals surface area (Å²) in [5.74, 6) is 0. The van der Waals surface area contributed by atoms with E-state index >= 15 is 0 Å². The summed E-state index contributed by atoms with van der Waals surface area (Å²) in [6, 6.07) is 0. The topological polar surface area (TPSA) is 93.5 Å². The molecule has 2 rings (SSSR count). The number of aromatic nitrogens is 2. The molecule has 0 saturated carbocycles. The van der Waals surface area contributed by atoms with Crippen LogP contribution in [0.4, 0.5) is 0 Å². The normalized spacial score (nSPS) is 31.8. The maximum absolute atomic E-state index is 11.7. The average molecular weight is 256 g/mol. The summed E-state index contributed by atoms with van der Waals surface area (Å²) in [4.78, 5) is 25.2. The zero-order chi connectivity index (χ0) is 13.4. The molecular weight excluding hydrogens is 240 g/mol. The number of aromatic amines is 1. The second-order valence-electron chi connectivity index (χ2n) is 4.40. The number of hydrogen-bond acceptors (Lipinski definition) is 5. The zero-order valence-corrected chi connectivity index (χ0v) is 10.4. The Labute approximate surface area is 103 Å². The van der Waals surface area contributed by atoms with E-state index in [0.29, 0.717) is 5.56 Å². The lowest BCUT2D eigenvalue weighted by Crippen LogP contribution is -2.39. The molecule has 1 aromatic rings. The van der Waals surface area contributed by atoms with Gasteiger partial charge in [0.25, 0.3) is 5.56 Å². The predicted molar refractivity (Wildman–Crippen MR) is 62.4 cm³/mol. The highest BCUT2D eigenvalue weighted by molar-refractivity contribution is 5.03. The number of rotatable bonds is 2. The molecule has 0 aromatic carbocycles. The van der Waals surface area contributed by atoms with Crippen molar-refractivity contribution in [2.75, 3.05) is 7.11 Å². The second-order valence-corrected chi connectivity index (χ2v) is 4.40. The molecule has 2 heterocycles. The van der Waals surface area contributed by atoms with Crippen molar-refractivity contribution in [1.29, 1.82) is 0 Å². The van der Waals surface area contributed by atoms with Crippen LogP contribution in [0.5, 0.6) is 0 Å². The molecule has 7 heteroatoms. The van der Waals surface area contributed by atoms with Crippen LogP contribution in [0.2, 0.25) is 0 Å². The standard InChI is InChI=1S/C11H16N2O5/c1-5-4-13(11(16)12-9(5)15)10-8(17-3)7(14)6(2)18-10/h4,6-8,10,14H,1-3H3,(H,12,15,16). The second kappa shape index (κ2) is 4.68. The molecule has 7 nitrogen and oxygen atoms in total. The number of methoxy groups -OCH3 is 1. The number of nitrogens with zero attached hydrogens (tertiary/aromatic N) is 1. The summed E-state index contributed by atoms with van der Waals surface area (Å²) < 4.78 is 11.9. The van der Waals surface area contributed by atoms with Crippen molar-refractivity contribution in [1.82, 2.24) is 9.55 Å². The van der Waals surface area contributed by atoms with E-state index in [2.05, 4.69) is 4.98 Å². The Kier molecular flexibility index (Phi) is 3.38. The summed E-state index contributed by atoms with van der Waals surface area (Å²) in [7, 11) is 1.44. The molecule has 4 atom stereocenters. The molecule has 18 heavy (non-hydrogen) atoms. The fourth-order valence-corrected chi connectivity index (χ4v) is 2.07. The Morgan fingerprint density at radius 1 is 1.50 bits per heavy atom. The van der Waals surface area contributed by atoms with Gasteiger partial charge < -0.3 is 14.6 Å². The van der Waals surface area contributed by atoms with Gasteiger partial charge in [0.2, 0.25) is 0 Å². The molecule has 1 aromatic heterocycles. The number of aryl methyl sites for hydroxylation is 1. The molecule has 0 spiro atoms. The highest BCUT2D eigenvalue weighted by Gasteiger charge is 2.43. The van der Waals surface area contributed by atoms with Gasteiger partial charge in [-0.2, -0.15) is 0 Å². The lowest BCUT2D eigenvalue weighted by atomic mass is 10.1. The van der Waals surface area contributed by atoms with Gasteiger partial charge in [0.05, 0.1) is 6.10 Å². The Balaban J connectivity index is 2.46. The molecule has 0 bridgehead atoms. The van der Waals surface area contributed by atoms with Crippen LogP contribution in [-0.4, -0.2) is 40.1 Å². The molecular formula is C11H16N2O5. The predicted octanol–water partition coefficient (Wildman–Crippen LogP) is -0.862. The van der Waals surface area contributed by atoms with Gasteiger partial charge in [-0.15, -0.1) is 0 Å². The van der Waals surface area contributed by atoms with Crippen LogP contribution in [0.1, 0.15) is 18.7 Å². The van der Waals surface area contributed by atoms with E-state index in [0.717, 1.165) is 0 Å². The largest absolute Gasteiger partial charge is 0.388 e. The minimum atomic E-state index is -0.820. The number of nitrogens with one attached hydrogen (secondary N) is 1. The first-order chi connectivity index (χ1) is 8.45. The molecule has 100 valence electrons. The number of hydrogen-bond donors (Lipinski definition) is 2. The van der Waals surface area contributed by atoms with E-state index in [-0.39, 0.29) is 0 Å². The first kappa shape index (κ1) is 13.0. The Morgan fingerprint density at radius 2 is 2.17 bits per heavy atom. The van der Waals surface area contributed by atoms with Gasteiger partial charge in [0, 0.05) is 18.9 Å². The number of aliphatic hydroxyl groups excluding tert-OH is 1. The average Bonchev–Trinajstić information content (AvgIpc) is 2.60. The van der Waals surface area contributed by atoms with Crippen molar-refractivity contribution in [3.05, 3.63) is 32.6 Å². The highest BCUT2D eigenvalue weighted by Crippen LogP contribution is 2.29. The van der Waals surface area contributed by atoms with Crippen molar-refractivity contribution in [3.63, 3.8) is 0 Å². The molecule has 2 N–H and O–H groups in total. The van der Waals surface area contributed by atoms with Gasteiger partial charge >= 0.3 is 5.69 Å². The van der Waals surface area contributed by atoms with Crippen LogP contribution >= 0.6 is 0 Å². The first-order valence-corrected chi connectivity index (χ1v) is 5.64. The summed E-state index contributed by atoms with van der Waals surface area (Å²) in [6.07, 6.45) is -1.26. The lowest BCUT2D eigenvalue weighted by Gasteiger charge is -2.20. The van der Waals surface area contributed by atoms with Crippen LogP contribution in [0.15, 0.2) is 15.8 Å². The third kappa shape index (κ3) is 2.00. The van der Waals surface area contributed by atoms with Gasteiger partial charge in [-0.3, -0.25) is 14.3 Å². The lowest BCUT2D eigenvalue weighted by molar-refractivity contribution is -0.0517. The van der Waals surface area contributed by atoms with Gasteiger partial charge in [0.1, 0.15) is 12.2 Å². The molecule has 0 radical (unpaired) electrons. The van der Waals surface area contributed by atoms with Gasteiger partial charge in [-0.25, -0.2) is 4.79 Å². The highest BCUT2D eigenvalue weighted by atomic mass is 16.6. The summed E-state index contributed by atoms with van der Waals surface area (Å²) in [5.41, 5.74) is -0.627. The van der Waals surface area contributed by atoms with E-state index in [1.54, 1.807) is 13.8 Å². The molecule has 1 fully saturated rings. The van der Waals surface area contributed by atoms with Gasteiger partial charge in [-0.1, -0.05) is 0 Å². The molecule has 0 amide bonds. The van der Waals surface area contributed by atoms with E-state index in [1.165, 1.54) is 17.9 Å². The fraction of sp³-hybridized carbons (Fsp3) is 0.636. The summed E-state index contributed by atoms with van der Waals surface area (Å²) in [6.45, 7) is 3.28. The summed E-state index contributed by atoms with van der Waals surface area (Å²) in [5, 5.41) is 9.87. The van der Waals surface area contributed by atoms with Crippen molar-refractivity contribution in [3.8, 4) is 0 Å². The van der Waals surface area contributed by atoms with E-state index in [1.807, 2.05) is 0 Å². The maximum Gasteiger partial charge on any atom is 0.330 e. The smallest absolute Gasteiger partial charge is 0.330 e. The number of aliphatic hydroxyl groups is 1. The van der Waals surface area contributed by atoms with Crippen molar-refractivity contribution < 1.29 is 14.6 Å². The van der Waals surface area contributed by atoms with Crippen molar-refractivity contribution in [2.45, 2.75) is 38.4 Å². The molecule has 1 aliphatic rings. The third-order valence-corrected chi connectivity index (χ3v) is 3.14.